The van der Waals surface area contributed by atoms with Gasteiger partial charge in [0, 0.05) is 20.9 Å². The van der Waals surface area contributed by atoms with Crippen LogP contribution in [0.15, 0.2) is 34.2 Å². The standard InChI is InChI=1S/C12H8BrF3N2OS/c13-8-3-9(20-6-8)5-18-11(19)10-2-1-7(4-17-10)12(14,15)16/h1-4,6H,5H2,(H,18,19). The zero-order valence-corrected chi connectivity index (χ0v) is 12.3. The van der Waals surface area contributed by atoms with Gasteiger partial charge in [-0.25, -0.2) is 0 Å². The maximum atomic E-state index is 12.3. The van der Waals surface area contributed by atoms with Gasteiger partial charge in [0.15, 0.2) is 0 Å². The van der Waals surface area contributed by atoms with Crippen LogP contribution in [0.2, 0.25) is 0 Å². The number of nitrogens with one attached hydrogen (secondary N) is 1. The summed E-state index contributed by atoms with van der Waals surface area (Å²) in [6.07, 6.45) is -3.80. The Balaban J connectivity index is 1.99. The van der Waals surface area contributed by atoms with Crippen LogP contribution in [0.5, 0.6) is 0 Å². The second-order valence-electron chi connectivity index (χ2n) is 3.84. The Bertz CT molecular complexity index is 610. The maximum absolute atomic E-state index is 12.3. The van der Waals surface area contributed by atoms with E-state index in [0.717, 1.165) is 21.5 Å². The summed E-state index contributed by atoms with van der Waals surface area (Å²) in [4.78, 5) is 16.2. The topological polar surface area (TPSA) is 42.0 Å². The van der Waals surface area contributed by atoms with Gasteiger partial charge in [0.1, 0.15) is 5.69 Å². The van der Waals surface area contributed by atoms with Gasteiger partial charge in [0.2, 0.25) is 0 Å². The number of amides is 1. The minimum absolute atomic E-state index is 0.0476. The van der Waals surface area contributed by atoms with Crippen LogP contribution in [-0.4, -0.2) is 10.9 Å². The Labute approximate surface area is 125 Å². The second-order valence-corrected chi connectivity index (χ2v) is 5.76. The van der Waals surface area contributed by atoms with Crippen molar-refractivity contribution in [2.45, 2.75) is 12.7 Å². The molecule has 2 heterocycles. The molecule has 20 heavy (non-hydrogen) atoms. The molecule has 3 nitrogen and oxygen atoms in total. The van der Waals surface area contributed by atoms with Crippen LogP contribution in [0.1, 0.15) is 20.9 Å². The maximum Gasteiger partial charge on any atom is 0.417 e. The van der Waals surface area contributed by atoms with Gasteiger partial charge in [-0.1, -0.05) is 0 Å². The fourth-order valence-corrected chi connectivity index (χ4v) is 2.79. The number of rotatable bonds is 3. The third kappa shape index (κ3) is 3.80. The average molecular weight is 365 g/mol. The fourth-order valence-electron chi connectivity index (χ4n) is 1.40. The molecule has 0 saturated carbocycles. The van der Waals surface area contributed by atoms with Crippen molar-refractivity contribution >= 4 is 33.2 Å². The Morgan fingerprint density at radius 3 is 2.65 bits per heavy atom. The Hall–Kier alpha value is -1.41. The molecule has 2 aromatic heterocycles. The van der Waals surface area contributed by atoms with E-state index in [4.69, 9.17) is 0 Å². The van der Waals surface area contributed by atoms with E-state index in [-0.39, 0.29) is 5.69 Å². The van der Waals surface area contributed by atoms with E-state index in [1.807, 2.05) is 11.4 Å². The van der Waals surface area contributed by atoms with Crippen LogP contribution < -0.4 is 5.32 Å². The predicted molar refractivity (Wildman–Crippen MR) is 72.4 cm³/mol. The zero-order chi connectivity index (χ0) is 14.8. The third-order valence-corrected chi connectivity index (χ3v) is 4.07. The molecule has 1 amide bonds. The van der Waals surface area contributed by atoms with Crippen molar-refractivity contribution in [1.29, 1.82) is 0 Å². The number of thiophene rings is 1. The quantitative estimate of drug-likeness (QED) is 0.898. The van der Waals surface area contributed by atoms with Crippen LogP contribution in [-0.2, 0) is 12.7 Å². The smallest absolute Gasteiger partial charge is 0.346 e. The molecule has 0 bridgehead atoms. The normalized spacial score (nSPS) is 11.4. The van der Waals surface area contributed by atoms with Crippen LogP contribution >= 0.6 is 27.3 Å². The van der Waals surface area contributed by atoms with Gasteiger partial charge in [-0.3, -0.25) is 9.78 Å². The zero-order valence-electron chi connectivity index (χ0n) is 9.87. The highest BCUT2D eigenvalue weighted by molar-refractivity contribution is 9.10. The monoisotopic (exact) mass is 364 g/mol. The number of pyridine rings is 1. The van der Waals surface area contributed by atoms with Crippen molar-refractivity contribution in [2.24, 2.45) is 0 Å². The molecule has 2 aromatic rings. The molecular formula is C12H8BrF3N2OS. The van der Waals surface area contributed by atoms with E-state index in [1.54, 1.807) is 0 Å². The molecule has 0 aliphatic carbocycles. The highest BCUT2D eigenvalue weighted by Gasteiger charge is 2.30. The molecule has 0 radical (unpaired) electrons. The number of carbonyl (C=O) groups excluding carboxylic acids is 1. The predicted octanol–water partition coefficient (Wildman–Crippen LogP) is 3.85. The van der Waals surface area contributed by atoms with Gasteiger partial charge in [-0.2, -0.15) is 13.2 Å². The molecule has 0 spiro atoms. The average Bonchev–Trinajstić information content (AvgIpc) is 2.81. The summed E-state index contributed by atoms with van der Waals surface area (Å²) in [5, 5.41) is 4.47. The molecule has 2 rings (SSSR count). The summed E-state index contributed by atoms with van der Waals surface area (Å²) in [6, 6.07) is 3.75. The summed E-state index contributed by atoms with van der Waals surface area (Å²) in [5.74, 6) is -0.511. The Morgan fingerprint density at radius 2 is 2.15 bits per heavy atom. The van der Waals surface area contributed by atoms with Gasteiger partial charge in [0.25, 0.3) is 5.91 Å². The first kappa shape index (κ1) is 15.0. The van der Waals surface area contributed by atoms with Gasteiger partial charge in [-0.15, -0.1) is 11.3 Å². The minimum Gasteiger partial charge on any atom is -0.346 e. The van der Waals surface area contributed by atoms with Gasteiger partial charge < -0.3 is 5.32 Å². The number of halogens is 4. The molecule has 1 N–H and O–H groups in total. The second kappa shape index (κ2) is 5.92. The van der Waals surface area contributed by atoms with Crippen LogP contribution in [0, 0.1) is 0 Å². The fraction of sp³-hybridized carbons (Fsp3) is 0.167. The van der Waals surface area contributed by atoms with Crippen molar-refractivity contribution < 1.29 is 18.0 Å². The summed E-state index contributed by atoms with van der Waals surface area (Å²) >= 11 is 4.75. The highest BCUT2D eigenvalue weighted by atomic mass is 79.9. The molecular weight excluding hydrogens is 357 g/mol. The largest absolute Gasteiger partial charge is 0.417 e. The van der Waals surface area contributed by atoms with Crippen LogP contribution in [0.25, 0.3) is 0 Å². The third-order valence-electron chi connectivity index (χ3n) is 2.37. The molecule has 106 valence electrons. The molecule has 0 fully saturated rings. The number of hydrogen-bond donors (Lipinski definition) is 1. The molecule has 0 aromatic carbocycles. The molecule has 0 aliphatic heterocycles. The van der Waals surface area contributed by atoms with E-state index in [2.05, 4.69) is 26.2 Å². The van der Waals surface area contributed by atoms with E-state index in [1.165, 1.54) is 11.3 Å². The van der Waals surface area contributed by atoms with Gasteiger partial charge >= 0.3 is 6.18 Å². The Morgan fingerprint density at radius 1 is 1.40 bits per heavy atom. The SMILES string of the molecule is O=C(NCc1cc(Br)cs1)c1ccc(C(F)(F)F)cn1. The molecule has 8 heteroatoms. The van der Waals surface area contributed by atoms with Crippen molar-refractivity contribution in [3.8, 4) is 0 Å². The van der Waals surface area contributed by atoms with Crippen molar-refractivity contribution in [3.63, 3.8) is 0 Å². The summed E-state index contributed by atoms with van der Waals surface area (Å²) < 4.78 is 38.0. The first-order valence-electron chi connectivity index (χ1n) is 5.40. The van der Waals surface area contributed by atoms with Crippen molar-refractivity contribution in [1.82, 2.24) is 10.3 Å². The lowest BCUT2D eigenvalue weighted by atomic mass is 10.2. The molecule has 0 atom stereocenters. The van der Waals surface area contributed by atoms with Gasteiger partial charge in [-0.05, 0) is 34.1 Å². The van der Waals surface area contributed by atoms with Crippen LogP contribution in [0.3, 0.4) is 0 Å². The first-order valence-corrected chi connectivity index (χ1v) is 7.08. The van der Waals surface area contributed by atoms with Crippen molar-refractivity contribution in [3.05, 3.63) is 50.4 Å². The number of hydrogen-bond acceptors (Lipinski definition) is 3. The highest BCUT2D eigenvalue weighted by Crippen LogP contribution is 2.28. The lowest BCUT2D eigenvalue weighted by molar-refractivity contribution is -0.137. The lowest BCUT2D eigenvalue weighted by Crippen LogP contribution is -2.23. The summed E-state index contributed by atoms with van der Waals surface area (Å²) in [7, 11) is 0. The molecule has 0 saturated heterocycles. The molecule has 0 aliphatic rings. The van der Waals surface area contributed by atoms with E-state index in [9.17, 15) is 18.0 Å². The number of nitrogens with zero attached hydrogens (tertiary/aromatic N) is 1. The summed E-state index contributed by atoms with van der Waals surface area (Å²) in [5.41, 5.74) is -0.926. The van der Waals surface area contributed by atoms with Gasteiger partial charge in [0.05, 0.1) is 12.1 Å². The lowest BCUT2D eigenvalue weighted by Gasteiger charge is -2.07. The first-order chi connectivity index (χ1) is 9.36. The molecule has 0 unspecified atom stereocenters. The van der Waals surface area contributed by atoms with E-state index >= 15 is 0 Å². The minimum atomic E-state index is -4.45. The number of aromatic nitrogens is 1. The van der Waals surface area contributed by atoms with Crippen LogP contribution in [0.4, 0.5) is 13.2 Å². The number of carbonyl (C=O) groups is 1. The summed E-state index contributed by atoms with van der Waals surface area (Å²) in [6.45, 7) is 0.303. The van der Waals surface area contributed by atoms with E-state index < -0.39 is 17.6 Å². The number of alkyl halides is 3. The van der Waals surface area contributed by atoms with E-state index in [0.29, 0.717) is 12.7 Å². The Kier molecular flexibility index (Phi) is 4.44. The van der Waals surface area contributed by atoms with Crippen molar-refractivity contribution in [2.75, 3.05) is 0 Å².